The van der Waals surface area contributed by atoms with Crippen LogP contribution < -0.4 is 0 Å². The first-order valence-corrected chi connectivity index (χ1v) is 5.73. The van der Waals surface area contributed by atoms with Crippen LogP contribution in [0.3, 0.4) is 0 Å². The minimum absolute atomic E-state index is 0.415. The molecule has 2 atom stereocenters. The first-order chi connectivity index (χ1) is 6.50. The average molecular weight is 192 g/mol. The van der Waals surface area contributed by atoms with E-state index in [-0.39, 0.29) is 0 Å². The van der Waals surface area contributed by atoms with Crippen LogP contribution in [-0.2, 0) is 4.79 Å². The Hall–Kier alpha value is -0.590. The Balaban J connectivity index is 2.19. The molecule has 0 amide bonds. The van der Waals surface area contributed by atoms with Crippen LogP contribution in [0, 0.1) is 17.3 Å². The van der Waals surface area contributed by atoms with Gasteiger partial charge in [0.2, 0.25) is 0 Å². The highest BCUT2D eigenvalue weighted by Crippen LogP contribution is 2.68. The lowest BCUT2D eigenvalue weighted by molar-refractivity contribution is -0.116. The lowest BCUT2D eigenvalue weighted by atomic mass is 9.92. The molecule has 1 fully saturated rings. The maximum atomic E-state index is 11.9. The number of ketones is 1. The Morgan fingerprint density at radius 1 is 1.50 bits per heavy atom. The van der Waals surface area contributed by atoms with Gasteiger partial charge in [-0.1, -0.05) is 26.3 Å². The molecule has 14 heavy (non-hydrogen) atoms. The normalized spacial score (nSPS) is 33.1. The Morgan fingerprint density at radius 3 is 2.64 bits per heavy atom. The maximum Gasteiger partial charge on any atom is 0.159 e. The molecule has 1 heteroatoms. The quantitative estimate of drug-likeness (QED) is 0.670. The van der Waals surface area contributed by atoms with E-state index in [9.17, 15) is 4.79 Å². The van der Waals surface area contributed by atoms with Crippen LogP contribution in [0.15, 0.2) is 11.1 Å². The smallest absolute Gasteiger partial charge is 0.159 e. The standard InChI is InChI=1S/C13H20O/c1-5-6-10(14)11-8(2)7-9-12(11)13(9,3)4/h9,12H,5-7H2,1-4H3/t9-,12-/m0/s1. The van der Waals surface area contributed by atoms with Crippen molar-refractivity contribution in [3.8, 4) is 0 Å². The molecule has 0 N–H and O–H groups in total. The molecular weight excluding hydrogens is 172 g/mol. The monoisotopic (exact) mass is 192 g/mol. The van der Waals surface area contributed by atoms with Crippen molar-refractivity contribution >= 4 is 5.78 Å². The van der Waals surface area contributed by atoms with Gasteiger partial charge in [0.25, 0.3) is 0 Å². The van der Waals surface area contributed by atoms with Gasteiger partial charge < -0.3 is 0 Å². The van der Waals surface area contributed by atoms with Crippen LogP contribution >= 0.6 is 0 Å². The van der Waals surface area contributed by atoms with Crippen molar-refractivity contribution in [1.29, 1.82) is 0 Å². The number of hydrogen-bond donors (Lipinski definition) is 0. The molecule has 0 spiro atoms. The van der Waals surface area contributed by atoms with Gasteiger partial charge in [0.1, 0.15) is 0 Å². The molecule has 1 nitrogen and oxygen atoms in total. The number of Topliss-reactive ketones (excluding diaryl/α,β-unsaturated/α-hetero) is 1. The fourth-order valence-corrected chi connectivity index (χ4v) is 3.18. The second-order valence-corrected chi connectivity index (χ2v) is 5.48. The predicted octanol–water partition coefficient (Wildman–Crippen LogP) is 3.35. The van der Waals surface area contributed by atoms with Crippen LogP contribution in [0.25, 0.3) is 0 Å². The first kappa shape index (κ1) is 9.95. The van der Waals surface area contributed by atoms with Gasteiger partial charge in [-0.2, -0.15) is 0 Å². The molecule has 1 saturated carbocycles. The Bertz CT molecular complexity index is 309. The highest BCUT2D eigenvalue weighted by molar-refractivity contribution is 5.98. The third-order valence-corrected chi connectivity index (χ3v) is 4.12. The Kier molecular flexibility index (Phi) is 2.09. The molecule has 2 aliphatic rings. The maximum absolute atomic E-state index is 11.9. The summed E-state index contributed by atoms with van der Waals surface area (Å²) in [4.78, 5) is 11.9. The number of hydrogen-bond acceptors (Lipinski definition) is 1. The minimum Gasteiger partial charge on any atom is -0.295 e. The fourth-order valence-electron chi connectivity index (χ4n) is 3.18. The second-order valence-electron chi connectivity index (χ2n) is 5.48. The molecular formula is C13H20O. The van der Waals surface area contributed by atoms with E-state index in [2.05, 4.69) is 27.7 Å². The van der Waals surface area contributed by atoms with Crippen LogP contribution in [0.1, 0.15) is 47.0 Å². The summed E-state index contributed by atoms with van der Waals surface area (Å²) in [7, 11) is 0. The van der Waals surface area contributed by atoms with Crippen molar-refractivity contribution in [2.75, 3.05) is 0 Å². The van der Waals surface area contributed by atoms with E-state index in [1.807, 2.05) is 0 Å². The van der Waals surface area contributed by atoms with E-state index < -0.39 is 0 Å². The summed E-state index contributed by atoms with van der Waals surface area (Å²) in [6.07, 6.45) is 2.89. The number of fused-ring (bicyclic) bond motifs is 1. The van der Waals surface area contributed by atoms with Gasteiger partial charge in [0.15, 0.2) is 5.78 Å². The molecule has 0 unspecified atom stereocenters. The summed E-state index contributed by atoms with van der Waals surface area (Å²) < 4.78 is 0. The van der Waals surface area contributed by atoms with Crippen molar-refractivity contribution in [2.45, 2.75) is 47.0 Å². The molecule has 0 bridgehead atoms. The van der Waals surface area contributed by atoms with Gasteiger partial charge in [0.05, 0.1) is 0 Å². The number of carbonyl (C=O) groups is 1. The number of carbonyl (C=O) groups excluding carboxylic acids is 1. The summed E-state index contributed by atoms with van der Waals surface area (Å²) in [5.74, 6) is 1.79. The molecule has 0 saturated heterocycles. The highest BCUT2D eigenvalue weighted by Gasteiger charge is 2.63. The van der Waals surface area contributed by atoms with E-state index in [1.165, 1.54) is 17.6 Å². The first-order valence-electron chi connectivity index (χ1n) is 5.73. The topological polar surface area (TPSA) is 17.1 Å². The molecule has 2 rings (SSSR count). The van der Waals surface area contributed by atoms with E-state index in [0.717, 1.165) is 18.8 Å². The van der Waals surface area contributed by atoms with Gasteiger partial charge in [-0.3, -0.25) is 4.79 Å². The van der Waals surface area contributed by atoms with Crippen LogP contribution in [-0.4, -0.2) is 5.78 Å². The SMILES string of the molecule is CCCC(=O)C1=C(C)C[C@H]2[C@@H]1C2(C)C. The van der Waals surface area contributed by atoms with Crippen molar-refractivity contribution in [3.63, 3.8) is 0 Å². The zero-order valence-electron chi connectivity index (χ0n) is 9.68. The highest BCUT2D eigenvalue weighted by atomic mass is 16.1. The summed E-state index contributed by atoms with van der Waals surface area (Å²) in [6, 6.07) is 0. The van der Waals surface area contributed by atoms with E-state index in [4.69, 9.17) is 0 Å². The predicted molar refractivity (Wildman–Crippen MR) is 58.0 cm³/mol. The number of allylic oxidation sites excluding steroid dienone is 2. The Morgan fingerprint density at radius 2 is 2.14 bits per heavy atom. The minimum atomic E-state index is 0.415. The van der Waals surface area contributed by atoms with Crippen LogP contribution in [0.4, 0.5) is 0 Å². The van der Waals surface area contributed by atoms with Crippen LogP contribution in [0.2, 0.25) is 0 Å². The zero-order chi connectivity index (χ0) is 10.5. The van der Waals surface area contributed by atoms with Crippen molar-refractivity contribution < 1.29 is 4.79 Å². The molecule has 0 aromatic heterocycles. The van der Waals surface area contributed by atoms with Crippen molar-refractivity contribution in [3.05, 3.63) is 11.1 Å². The molecule has 0 aromatic rings. The van der Waals surface area contributed by atoms with E-state index >= 15 is 0 Å². The third-order valence-electron chi connectivity index (χ3n) is 4.12. The summed E-state index contributed by atoms with van der Waals surface area (Å²) in [6.45, 7) is 8.82. The van der Waals surface area contributed by atoms with Gasteiger partial charge in [-0.25, -0.2) is 0 Å². The van der Waals surface area contributed by atoms with Crippen LogP contribution in [0.5, 0.6) is 0 Å². The average Bonchev–Trinajstić information content (AvgIpc) is 2.48. The lowest BCUT2D eigenvalue weighted by Crippen LogP contribution is -2.09. The summed E-state index contributed by atoms with van der Waals surface area (Å²) >= 11 is 0. The van der Waals surface area contributed by atoms with E-state index in [0.29, 0.717) is 17.1 Å². The Labute approximate surface area is 86.6 Å². The largest absolute Gasteiger partial charge is 0.295 e. The molecule has 78 valence electrons. The molecule has 0 heterocycles. The van der Waals surface area contributed by atoms with E-state index in [1.54, 1.807) is 0 Å². The lowest BCUT2D eigenvalue weighted by Gasteiger charge is -2.12. The molecule has 0 aromatic carbocycles. The van der Waals surface area contributed by atoms with Gasteiger partial charge in [-0.05, 0) is 42.6 Å². The van der Waals surface area contributed by atoms with Gasteiger partial charge in [-0.15, -0.1) is 0 Å². The fraction of sp³-hybridized carbons (Fsp3) is 0.769. The molecule has 2 aliphatic carbocycles. The molecule has 0 radical (unpaired) electrons. The third kappa shape index (κ3) is 1.18. The van der Waals surface area contributed by atoms with Crippen molar-refractivity contribution in [1.82, 2.24) is 0 Å². The number of rotatable bonds is 3. The summed E-state index contributed by atoms with van der Waals surface area (Å²) in [5.41, 5.74) is 2.98. The van der Waals surface area contributed by atoms with Crippen molar-refractivity contribution in [2.24, 2.45) is 17.3 Å². The molecule has 0 aliphatic heterocycles. The summed E-state index contributed by atoms with van der Waals surface area (Å²) in [5, 5.41) is 0. The zero-order valence-corrected chi connectivity index (χ0v) is 9.68. The van der Waals surface area contributed by atoms with Gasteiger partial charge in [0, 0.05) is 6.42 Å². The second kappa shape index (κ2) is 2.95. The van der Waals surface area contributed by atoms with Gasteiger partial charge >= 0.3 is 0 Å².